The van der Waals surface area contributed by atoms with E-state index in [0.29, 0.717) is 5.41 Å². The lowest BCUT2D eigenvalue weighted by molar-refractivity contribution is 0.313. The number of H-pyrrole nitrogens is 2. The summed E-state index contributed by atoms with van der Waals surface area (Å²) in [6.45, 7) is 4.70. The van der Waals surface area contributed by atoms with E-state index in [1.54, 1.807) is 6.33 Å². The van der Waals surface area contributed by atoms with E-state index in [-0.39, 0.29) is 0 Å². The number of benzene rings is 1. The zero-order valence-corrected chi connectivity index (χ0v) is 15.6. The molecule has 0 saturated heterocycles. The highest BCUT2D eigenvalue weighted by Crippen LogP contribution is 2.44. The van der Waals surface area contributed by atoms with Crippen LogP contribution in [-0.2, 0) is 12.8 Å². The van der Waals surface area contributed by atoms with Crippen LogP contribution in [0.15, 0.2) is 48.9 Å². The van der Waals surface area contributed by atoms with E-state index in [4.69, 9.17) is 0 Å². The maximum atomic E-state index is 4.37. The van der Waals surface area contributed by atoms with Crippen molar-refractivity contribution in [2.75, 3.05) is 5.32 Å². The van der Waals surface area contributed by atoms with Crippen LogP contribution >= 0.6 is 0 Å². The summed E-state index contributed by atoms with van der Waals surface area (Å²) < 4.78 is 0. The minimum Gasteiger partial charge on any atom is -0.356 e. The Labute approximate surface area is 158 Å². The Hall–Kier alpha value is -3.08. The lowest BCUT2D eigenvalue weighted by Gasteiger charge is -2.29. The van der Waals surface area contributed by atoms with Crippen molar-refractivity contribution in [1.82, 2.24) is 19.9 Å². The van der Waals surface area contributed by atoms with Gasteiger partial charge in [-0.25, -0.2) is 9.97 Å². The highest BCUT2D eigenvalue weighted by Gasteiger charge is 2.30. The van der Waals surface area contributed by atoms with Gasteiger partial charge in [0.15, 0.2) is 5.65 Å². The number of hydrogen-bond donors (Lipinski definition) is 3. The summed E-state index contributed by atoms with van der Waals surface area (Å²) >= 11 is 0. The van der Waals surface area contributed by atoms with Crippen molar-refractivity contribution in [2.45, 2.75) is 33.1 Å². The molecular formula is C22H23N5. The molecule has 4 aromatic rings. The molecule has 0 saturated carbocycles. The molecule has 3 N–H and O–H groups in total. The molecule has 0 spiro atoms. The maximum Gasteiger partial charge on any atom is 0.178 e. The van der Waals surface area contributed by atoms with Gasteiger partial charge < -0.3 is 15.3 Å². The third kappa shape index (κ3) is 2.79. The fourth-order valence-electron chi connectivity index (χ4n) is 4.11. The maximum absolute atomic E-state index is 4.37. The van der Waals surface area contributed by atoms with Gasteiger partial charge in [-0.15, -0.1) is 0 Å². The van der Waals surface area contributed by atoms with Gasteiger partial charge in [-0.05, 0) is 48.4 Å². The number of nitrogens with one attached hydrogen (secondary N) is 3. The van der Waals surface area contributed by atoms with E-state index >= 15 is 0 Å². The number of pyridine rings is 1. The molecule has 5 heteroatoms. The molecule has 0 aliphatic heterocycles. The van der Waals surface area contributed by atoms with E-state index in [1.165, 1.54) is 23.4 Å². The summed E-state index contributed by atoms with van der Waals surface area (Å²) in [5.41, 5.74) is 9.25. The van der Waals surface area contributed by atoms with Crippen LogP contribution in [0.3, 0.4) is 0 Å². The fraction of sp³-hybridized carbons (Fsp3) is 0.273. The van der Waals surface area contributed by atoms with Gasteiger partial charge in [-0.3, -0.25) is 0 Å². The molecule has 5 rings (SSSR count). The molecule has 0 atom stereocenters. The number of hydrogen-bond acceptors (Lipinski definition) is 3. The number of imidazole rings is 1. The first-order valence-electron chi connectivity index (χ1n) is 9.45. The second-order valence-electron chi connectivity index (χ2n) is 8.12. The number of nitrogens with zero attached hydrogens (tertiary/aromatic N) is 2. The van der Waals surface area contributed by atoms with Crippen molar-refractivity contribution in [3.8, 4) is 11.3 Å². The van der Waals surface area contributed by atoms with Gasteiger partial charge in [0, 0.05) is 23.1 Å². The monoisotopic (exact) mass is 357 g/mol. The van der Waals surface area contributed by atoms with Crippen LogP contribution in [0, 0.1) is 5.41 Å². The van der Waals surface area contributed by atoms with Gasteiger partial charge >= 0.3 is 0 Å². The van der Waals surface area contributed by atoms with E-state index in [0.717, 1.165) is 41.0 Å². The Kier molecular flexibility index (Phi) is 3.57. The molecule has 0 fully saturated rings. The Bertz CT molecular complexity index is 1100. The molecule has 1 aliphatic carbocycles. The van der Waals surface area contributed by atoms with Gasteiger partial charge in [-0.1, -0.05) is 32.0 Å². The molecule has 1 aliphatic rings. The Morgan fingerprint density at radius 3 is 2.78 bits per heavy atom. The molecule has 0 radical (unpaired) electrons. The van der Waals surface area contributed by atoms with Gasteiger partial charge in [0.25, 0.3) is 0 Å². The number of rotatable bonds is 3. The summed E-state index contributed by atoms with van der Waals surface area (Å²) in [5.74, 6) is 0. The molecule has 5 nitrogen and oxygen atoms in total. The number of fused-ring (bicyclic) bond motifs is 2. The van der Waals surface area contributed by atoms with Crippen LogP contribution in [0.1, 0.15) is 31.5 Å². The summed E-state index contributed by atoms with van der Waals surface area (Å²) in [4.78, 5) is 15.7. The third-order valence-electron chi connectivity index (χ3n) is 5.54. The first-order chi connectivity index (χ1) is 13.1. The van der Waals surface area contributed by atoms with Crippen LogP contribution in [0.2, 0.25) is 0 Å². The summed E-state index contributed by atoms with van der Waals surface area (Å²) in [6.07, 6.45) is 6.86. The molecule has 136 valence electrons. The number of para-hydroxylation sites is 1. The molecule has 0 amide bonds. The SMILES string of the molecule is CC1(C)CCc2c([nH]c(-c3ccnc4nc[nH]c34)c2Nc2ccccc2)C1. The molecular weight excluding hydrogens is 334 g/mol. The van der Waals surface area contributed by atoms with Crippen molar-refractivity contribution >= 4 is 22.5 Å². The smallest absolute Gasteiger partial charge is 0.178 e. The minimum atomic E-state index is 0.320. The predicted octanol–water partition coefficient (Wildman–Crippen LogP) is 5.21. The lowest BCUT2D eigenvalue weighted by Crippen LogP contribution is -2.22. The Morgan fingerprint density at radius 2 is 1.93 bits per heavy atom. The molecule has 0 unspecified atom stereocenters. The molecule has 0 bridgehead atoms. The second-order valence-corrected chi connectivity index (χ2v) is 8.12. The van der Waals surface area contributed by atoms with Gasteiger partial charge in [0.05, 0.1) is 23.2 Å². The van der Waals surface area contributed by atoms with Crippen molar-refractivity contribution < 1.29 is 0 Å². The Balaban J connectivity index is 1.70. The molecule has 3 aromatic heterocycles. The van der Waals surface area contributed by atoms with Crippen molar-refractivity contribution in [2.24, 2.45) is 5.41 Å². The number of aromatic nitrogens is 4. The van der Waals surface area contributed by atoms with E-state index in [9.17, 15) is 0 Å². The quantitative estimate of drug-likeness (QED) is 0.471. The van der Waals surface area contributed by atoms with Crippen molar-refractivity contribution in [1.29, 1.82) is 0 Å². The standard InChI is InChI=1S/C22H23N5/c1-22(2)10-8-15-17(12-22)27-19(18(15)26-14-6-4-3-5-7-14)16-9-11-23-21-20(16)24-13-25-21/h3-7,9,11,13,26-27H,8,10,12H2,1-2H3,(H,23,24,25). The topological polar surface area (TPSA) is 69.4 Å². The highest BCUT2D eigenvalue weighted by atomic mass is 15.0. The summed E-state index contributed by atoms with van der Waals surface area (Å²) in [7, 11) is 0. The first-order valence-corrected chi connectivity index (χ1v) is 9.45. The van der Waals surface area contributed by atoms with Crippen LogP contribution in [0.25, 0.3) is 22.4 Å². The summed E-state index contributed by atoms with van der Waals surface area (Å²) in [5, 5.41) is 3.68. The first kappa shape index (κ1) is 16.1. The molecule has 3 heterocycles. The van der Waals surface area contributed by atoms with Crippen LogP contribution < -0.4 is 5.32 Å². The van der Waals surface area contributed by atoms with Crippen LogP contribution in [-0.4, -0.2) is 19.9 Å². The zero-order valence-electron chi connectivity index (χ0n) is 15.6. The fourth-order valence-corrected chi connectivity index (χ4v) is 4.11. The van der Waals surface area contributed by atoms with Gasteiger partial charge in [0.2, 0.25) is 0 Å². The van der Waals surface area contributed by atoms with Gasteiger partial charge in [0.1, 0.15) is 0 Å². The summed E-state index contributed by atoms with van der Waals surface area (Å²) in [6, 6.07) is 12.4. The van der Waals surface area contributed by atoms with E-state index in [1.807, 2.05) is 12.3 Å². The van der Waals surface area contributed by atoms with Crippen molar-refractivity contribution in [3.05, 3.63) is 60.2 Å². The zero-order chi connectivity index (χ0) is 18.4. The normalized spacial score (nSPS) is 15.6. The van der Waals surface area contributed by atoms with Crippen LogP contribution in [0.4, 0.5) is 11.4 Å². The highest BCUT2D eigenvalue weighted by molar-refractivity contribution is 5.94. The third-order valence-corrected chi connectivity index (χ3v) is 5.54. The average Bonchev–Trinajstić information content (AvgIpc) is 3.26. The Morgan fingerprint density at radius 1 is 1.07 bits per heavy atom. The molecule has 1 aromatic carbocycles. The predicted molar refractivity (Wildman–Crippen MR) is 109 cm³/mol. The second kappa shape index (κ2) is 5.98. The van der Waals surface area contributed by atoms with Gasteiger partial charge in [-0.2, -0.15) is 0 Å². The van der Waals surface area contributed by atoms with E-state index < -0.39 is 0 Å². The number of anilines is 2. The van der Waals surface area contributed by atoms with Crippen molar-refractivity contribution in [3.63, 3.8) is 0 Å². The lowest BCUT2D eigenvalue weighted by atomic mass is 9.76. The minimum absolute atomic E-state index is 0.320. The molecule has 27 heavy (non-hydrogen) atoms. The van der Waals surface area contributed by atoms with Crippen LogP contribution in [0.5, 0.6) is 0 Å². The largest absolute Gasteiger partial charge is 0.356 e. The average molecular weight is 357 g/mol. The van der Waals surface area contributed by atoms with E-state index in [2.05, 4.69) is 69.4 Å². The number of aromatic amines is 2.